The van der Waals surface area contributed by atoms with E-state index in [0.717, 1.165) is 5.69 Å². The molecule has 0 atom stereocenters. The molecule has 2 rings (SSSR count). The van der Waals surface area contributed by atoms with E-state index >= 15 is 0 Å². The van der Waals surface area contributed by atoms with Crippen LogP contribution in [0.4, 0.5) is 9.93 Å². The summed E-state index contributed by atoms with van der Waals surface area (Å²) in [4.78, 5) is 27.6. The van der Waals surface area contributed by atoms with Crippen LogP contribution in [0.15, 0.2) is 23.6 Å². The number of hydrogen-bond donors (Lipinski definition) is 3. The molecule has 0 spiro atoms. The van der Waals surface area contributed by atoms with Gasteiger partial charge in [-0.25, -0.2) is 9.78 Å². The first kappa shape index (κ1) is 17.5. The fourth-order valence-corrected chi connectivity index (χ4v) is 2.63. The molecule has 1 heterocycles. The van der Waals surface area contributed by atoms with E-state index < -0.39 is 0 Å². The van der Waals surface area contributed by atoms with E-state index in [-0.39, 0.29) is 25.0 Å². The zero-order valence-electron chi connectivity index (χ0n) is 12.2. The van der Waals surface area contributed by atoms with Crippen molar-refractivity contribution in [2.75, 3.05) is 18.4 Å². The molecule has 122 valence electrons. The number of nitrogens with one attached hydrogen (secondary N) is 3. The normalized spacial score (nSPS) is 10.2. The summed E-state index contributed by atoms with van der Waals surface area (Å²) in [6.45, 7) is 2.41. The Morgan fingerprint density at radius 2 is 1.91 bits per heavy atom. The van der Waals surface area contributed by atoms with Gasteiger partial charge in [0, 0.05) is 24.0 Å². The van der Waals surface area contributed by atoms with Gasteiger partial charge in [-0.05, 0) is 25.1 Å². The molecule has 23 heavy (non-hydrogen) atoms. The smallest absolute Gasteiger partial charge is 0.321 e. The number of carbonyl (C=O) groups is 2. The molecule has 0 unspecified atom stereocenters. The summed E-state index contributed by atoms with van der Waals surface area (Å²) in [5, 5.41) is 11.0. The van der Waals surface area contributed by atoms with Crippen molar-refractivity contribution in [2.24, 2.45) is 0 Å². The van der Waals surface area contributed by atoms with Gasteiger partial charge >= 0.3 is 6.03 Å². The standard InChI is InChI=1S/C14H14Cl2N4O2S/c1-8-7-23-14(19-8)20-13(22)18-5-4-17-12(21)9-2-3-10(15)11(16)6-9/h2-3,6-7H,4-5H2,1H3,(H,17,21)(H2,18,19,20,22). The van der Waals surface area contributed by atoms with Gasteiger partial charge in [0.2, 0.25) is 0 Å². The van der Waals surface area contributed by atoms with Crippen LogP contribution in [-0.2, 0) is 0 Å². The van der Waals surface area contributed by atoms with Gasteiger partial charge in [0.05, 0.1) is 15.7 Å². The van der Waals surface area contributed by atoms with Gasteiger partial charge in [-0.15, -0.1) is 11.3 Å². The molecule has 0 saturated heterocycles. The molecular formula is C14H14Cl2N4O2S. The largest absolute Gasteiger partial charge is 0.350 e. The van der Waals surface area contributed by atoms with Crippen LogP contribution in [0.5, 0.6) is 0 Å². The summed E-state index contributed by atoms with van der Waals surface area (Å²) in [7, 11) is 0. The maximum atomic E-state index is 11.9. The third kappa shape index (κ3) is 5.38. The van der Waals surface area contributed by atoms with Crippen LogP contribution in [-0.4, -0.2) is 30.0 Å². The first-order valence-electron chi connectivity index (χ1n) is 6.66. The Hall–Kier alpha value is -1.83. The lowest BCUT2D eigenvalue weighted by Gasteiger charge is -2.08. The van der Waals surface area contributed by atoms with Crippen molar-refractivity contribution >= 4 is 51.6 Å². The highest BCUT2D eigenvalue weighted by atomic mass is 35.5. The van der Waals surface area contributed by atoms with Crippen molar-refractivity contribution in [3.05, 3.63) is 44.9 Å². The molecule has 0 saturated carbocycles. The highest BCUT2D eigenvalue weighted by Gasteiger charge is 2.08. The number of aromatic nitrogens is 1. The van der Waals surface area contributed by atoms with Crippen LogP contribution in [0.3, 0.4) is 0 Å². The van der Waals surface area contributed by atoms with Crippen LogP contribution in [0.25, 0.3) is 0 Å². The summed E-state index contributed by atoms with van der Waals surface area (Å²) in [6.07, 6.45) is 0. The Bertz CT molecular complexity index is 721. The molecule has 0 radical (unpaired) electrons. The number of thiazole rings is 1. The number of aryl methyl sites for hydroxylation is 1. The average Bonchev–Trinajstić information content (AvgIpc) is 2.91. The highest BCUT2D eigenvalue weighted by Crippen LogP contribution is 2.22. The lowest BCUT2D eigenvalue weighted by atomic mass is 10.2. The number of amides is 3. The zero-order chi connectivity index (χ0) is 16.8. The summed E-state index contributed by atoms with van der Waals surface area (Å²) in [5.41, 5.74) is 1.25. The Morgan fingerprint density at radius 3 is 2.57 bits per heavy atom. The van der Waals surface area contributed by atoms with Crippen LogP contribution in [0, 0.1) is 6.92 Å². The second-order valence-corrected chi connectivity index (χ2v) is 6.23. The highest BCUT2D eigenvalue weighted by molar-refractivity contribution is 7.13. The van der Waals surface area contributed by atoms with Crippen molar-refractivity contribution < 1.29 is 9.59 Å². The molecule has 3 amide bonds. The first-order chi connectivity index (χ1) is 11.0. The molecular weight excluding hydrogens is 359 g/mol. The minimum Gasteiger partial charge on any atom is -0.350 e. The molecule has 0 aliphatic rings. The van der Waals surface area contributed by atoms with Crippen molar-refractivity contribution in [1.29, 1.82) is 0 Å². The first-order valence-corrected chi connectivity index (χ1v) is 8.29. The van der Waals surface area contributed by atoms with Crippen molar-refractivity contribution in [3.63, 3.8) is 0 Å². The fourth-order valence-electron chi connectivity index (χ4n) is 1.64. The van der Waals surface area contributed by atoms with E-state index in [2.05, 4.69) is 20.9 Å². The molecule has 2 aromatic rings. The van der Waals surface area contributed by atoms with E-state index in [9.17, 15) is 9.59 Å². The minimum atomic E-state index is -0.372. The lowest BCUT2D eigenvalue weighted by Crippen LogP contribution is -2.36. The summed E-state index contributed by atoms with van der Waals surface area (Å²) in [5.74, 6) is -0.290. The SMILES string of the molecule is Cc1csc(NC(=O)NCCNC(=O)c2ccc(Cl)c(Cl)c2)n1. The molecule has 6 nitrogen and oxygen atoms in total. The fraction of sp³-hybridized carbons (Fsp3) is 0.214. The lowest BCUT2D eigenvalue weighted by molar-refractivity contribution is 0.0954. The third-order valence-corrected chi connectivity index (χ3v) is 4.33. The average molecular weight is 373 g/mol. The van der Waals surface area contributed by atoms with E-state index in [1.807, 2.05) is 12.3 Å². The van der Waals surface area contributed by atoms with Gasteiger partial charge in [-0.3, -0.25) is 10.1 Å². The Morgan fingerprint density at radius 1 is 1.17 bits per heavy atom. The third-order valence-electron chi connectivity index (χ3n) is 2.72. The predicted octanol–water partition coefficient (Wildman–Crippen LogP) is 3.31. The number of nitrogens with zero attached hydrogens (tertiary/aromatic N) is 1. The quantitative estimate of drug-likeness (QED) is 0.704. The number of anilines is 1. The minimum absolute atomic E-state index is 0.281. The van der Waals surface area contributed by atoms with Crippen molar-refractivity contribution in [1.82, 2.24) is 15.6 Å². The number of benzene rings is 1. The number of rotatable bonds is 5. The maximum Gasteiger partial charge on any atom is 0.321 e. The second-order valence-electron chi connectivity index (χ2n) is 4.56. The molecule has 1 aromatic carbocycles. The van der Waals surface area contributed by atoms with Gasteiger partial charge in [-0.2, -0.15) is 0 Å². The Kier molecular flexibility index (Phi) is 6.20. The molecule has 0 bridgehead atoms. The van der Waals surface area contributed by atoms with Gasteiger partial charge in [0.15, 0.2) is 5.13 Å². The van der Waals surface area contributed by atoms with Crippen molar-refractivity contribution in [2.45, 2.75) is 6.92 Å². The van der Waals surface area contributed by atoms with Crippen LogP contribution >= 0.6 is 34.5 Å². The Balaban J connectivity index is 1.71. The number of hydrogen-bond acceptors (Lipinski definition) is 4. The van der Waals surface area contributed by atoms with Crippen LogP contribution in [0.2, 0.25) is 10.0 Å². The van der Waals surface area contributed by atoms with E-state index in [1.165, 1.54) is 17.4 Å². The van der Waals surface area contributed by atoms with Gasteiger partial charge in [0.25, 0.3) is 5.91 Å². The van der Waals surface area contributed by atoms with Crippen molar-refractivity contribution in [3.8, 4) is 0 Å². The number of halogens is 2. The maximum absolute atomic E-state index is 11.9. The summed E-state index contributed by atoms with van der Waals surface area (Å²) in [6, 6.07) is 4.25. The van der Waals surface area contributed by atoms with E-state index in [1.54, 1.807) is 12.1 Å². The van der Waals surface area contributed by atoms with Gasteiger partial charge < -0.3 is 10.6 Å². The molecule has 0 aliphatic carbocycles. The number of carbonyl (C=O) groups excluding carboxylic acids is 2. The van der Waals surface area contributed by atoms with E-state index in [4.69, 9.17) is 23.2 Å². The van der Waals surface area contributed by atoms with Gasteiger partial charge in [0.1, 0.15) is 0 Å². The molecule has 9 heteroatoms. The molecule has 3 N–H and O–H groups in total. The summed E-state index contributed by atoms with van der Waals surface area (Å²) >= 11 is 13.0. The van der Waals surface area contributed by atoms with E-state index in [0.29, 0.717) is 20.7 Å². The monoisotopic (exact) mass is 372 g/mol. The van der Waals surface area contributed by atoms with Gasteiger partial charge in [-0.1, -0.05) is 23.2 Å². The second kappa shape index (κ2) is 8.14. The molecule has 0 fully saturated rings. The Labute approximate surface area is 147 Å². The van der Waals surface area contributed by atoms with Crippen LogP contribution in [0.1, 0.15) is 16.1 Å². The molecule has 1 aromatic heterocycles. The topological polar surface area (TPSA) is 83.1 Å². The summed E-state index contributed by atoms with van der Waals surface area (Å²) < 4.78 is 0. The zero-order valence-corrected chi connectivity index (χ0v) is 14.5. The predicted molar refractivity (Wildman–Crippen MR) is 92.7 cm³/mol. The number of urea groups is 1. The molecule has 0 aliphatic heterocycles. The van der Waals surface area contributed by atoms with Crippen LogP contribution < -0.4 is 16.0 Å².